The second-order valence-corrected chi connectivity index (χ2v) is 6.46. The molecule has 0 aliphatic heterocycles. The lowest BCUT2D eigenvalue weighted by Gasteiger charge is -2.01. The number of unbranched alkanes of at least 4 members (excludes halogenated alkanes) is 3. The maximum atomic E-state index is 11.8. The van der Waals surface area contributed by atoms with E-state index in [1.54, 1.807) is 0 Å². The molecule has 1 amide bonds. The van der Waals surface area contributed by atoms with Gasteiger partial charge in [0, 0.05) is 22.7 Å². The number of benzene rings is 1. The molecule has 1 heterocycles. The lowest BCUT2D eigenvalue weighted by Crippen LogP contribution is -2.10. The summed E-state index contributed by atoms with van der Waals surface area (Å²) >= 11 is 4.88. The quantitative estimate of drug-likeness (QED) is 0.521. The Labute approximate surface area is 137 Å². The summed E-state index contributed by atoms with van der Waals surface area (Å²) in [4.78, 5) is 16.3. The minimum atomic E-state index is 0.0582. The summed E-state index contributed by atoms with van der Waals surface area (Å²) in [7, 11) is 0. The van der Waals surface area contributed by atoms with Crippen LogP contribution in [-0.4, -0.2) is 16.2 Å². The van der Waals surface area contributed by atoms with Gasteiger partial charge >= 0.3 is 0 Å². The van der Waals surface area contributed by atoms with Crippen molar-refractivity contribution in [3.8, 4) is 11.3 Å². The Kier molecular flexibility index (Phi) is 6.89. The van der Waals surface area contributed by atoms with Gasteiger partial charge in [-0.25, -0.2) is 4.98 Å². The molecule has 1 aromatic heterocycles. The van der Waals surface area contributed by atoms with E-state index in [0.717, 1.165) is 29.4 Å². The Morgan fingerprint density at radius 1 is 1.14 bits per heavy atom. The van der Waals surface area contributed by atoms with Crippen molar-refractivity contribution in [3.63, 3.8) is 0 Å². The lowest BCUT2D eigenvalue weighted by atomic mass is 10.1. The molecule has 0 unspecified atom stereocenters. The van der Waals surface area contributed by atoms with Gasteiger partial charge in [0.15, 0.2) is 5.13 Å². The molecular formula is C16H19BrN2OS. The Bertz CT molecular complexity index is 556. The summed E-state index contributed by atoms with van der Waals surface area (Å²) in [6.07, 6.45) is 4.97. The highest BCUT2D eigenvalue weighted by Crippen LogP contribution is 2.24. The molecule has 0 aliphatic carbocycles. The van der Waals surface area contributed by atoms with Gasteiger partial charge in [-0.1, -0.05) is 59.1 Å². The van der Waals surface area contributed by atoms with E-state index >= 15 is 0 Å². The summed E-state index contributed by atoms with van der Waals surface area (Å²) in [5.74, 6) is 0.0582. The Morgan fingerprint density at radius 2 is 1.90 bits per heavy atom. The van der Waals surface area contributed by atoms with Crippen LogP contribution in [0.25, 0.3) is 11.3 Å². The zero-order valence-corrected chi connectivity index (χ0v) is 14.3. The maximum absolute atomic E-state index is 11.8. The molecule has 21 heavy (non-hydrogen) atoms. The molecule has 3 nitrogen and oxygen atoms in total. The number of thiazole rings is 1. The van der Waals surface area contributed by atoms with E-state index in [1.807, 2.05) is 35.7 Å². The summed E-state index contributed by atoms with van der Waals surface area (Å²) in [5.41, 5.74) is 1.98. The first-order chi connectivity index (χ1) is 10.3. The molecule has 2 rings (SSSR count). The molecule has 1 N–H and O–H groups in total. The van der Waals surface area contributed by atoms with Gasteiger partial charge in [0.25, 0.3) is 0 Å². The van der Waals surface area contributed by atoms with E-state index in [9.17, 15) is 4.79 Å². The minimum absolute atomic E-state index is 0.0582. The van der Waals surface area contributed by atoms with Gasteiger partial charge in [0.1, 0.15) is 0 Å². The highest BCUT2D eigenvalue weighted by molar-refractivity contribution is 9.09. The zero-order chi connectivity index (χ0) is 14.9. The molecule has 0 radical (unpaired) electrons. The first-order valence-corrected chi connectivity index (χ1v) is 9.16. The molecule has 0 aliphatic rings. The largest absolute Gasteiger partial charge is 0.302 e. The fraction of sp³-hybridized carbons (Fsp3) is 0.375. The molecule has 5 heteroatoms. The predicted molar refractivity (Wildman–Crippen MR) is 93.1 cm³/mol. The first-order valence-electron chi connectivity index (χ1n) is 7.16. The topological polar surface area (TPSA) is 42.0 Å². The van der Waals surface area contributed by atoms with Crippen LogP contribution < -0.4 is 5.32 Å². The maximum Gasteiger partial charge on any atom is 0.226 e. The fourth-order valence-electron chi connectivity index (χ4n) is 1.99. The number of hydrogen-bond donors (Lipinski definition) is 1. The van der Waals surface area contributed by atoms with Crippen LogP contribution in [0, 0.1) is 0 Å². The second-order valence-electron chi connectivity index (χ2n) is 4.81. The van der Waals surface area contributed by atoms with Crippen LogP contribution in [0.5, 0.6) is 0 Å². The lowest BCUT2D eigenvalue weighted by molar-refractivity contribution is -0.116. The van der Waals surface area contributed by atoms with Gasteiger partial charge in [0.05, 0.1) is 5.69 Å². The van der Waals surface area contributed by atoms with E-state index in [1.165, 1.54) is 24.2 Å². The third-order valence-corrected chi connectivity index (χ3v) is 4.43. The summed E-state index contributed by atoms with van der Waals surface area (Å²) in [6, 6.07) is 9.99. The predicted octanol–water partition coefficient (Wildman–Crippen LogP) is 5.09. The number of nitrogens with zero attached hydrogens (tertiary/aromatic N) is 1. The highest BCUT2D eigenvalue weighted by Gasteiger charge is 2.07. The normalized spacial score (nSPS) is 10.5. The van der Waals surface area contributed by atoms with Crippen LogP contribution in [-0.2, 0) is 4.79 Å². The van der Waals surface area contributed by atoms with E-state index in [4.69, 9.17) is 0 Å². The Hall–Kier alpha value is -1.20. The van der Waals surface area contributed by atoms with E-state index in [0.29, 0.717) is 11.6 Å². The monoisotopic (exact) mass is 366 g/mol. The number of aromatic nitrogens is 1. The number of carbonyl (C=O) groups excluding carboxylic acids is 1. The highest BCUT2D eigenvalue weighted by atomic mass is 79.9. The fourth-order valence-corrected chi connectivity index (χ4v) is 3.12. The van der Waals surface area contributed by atoms with Crippen molar-refractivity contribution in [2.45, 2.75) is 32.1 Å². The van der Waals surface area contributed by atoms with Gasteiger partial charge in [-0.15, -0.1) is 11.3 Å². The number of rotatable bonds is 8. The van der Waals surface area contributed by atoms with Gasteiger partial charge in [-0.2, -0.15) is 0 Å². The van der Waals surface area contributed by atoms with Crippen molar-refractivity contribution in [2.24, 2.45) is 0 Å². The number of nitrogens with one attached hydrogen (secondary N) is 1. The summed E-state index contributed by atoms with van der Waals surface area (Å²) < 4.78 is 0. The summed E-state index contributed by atoms with van der Waals surface area (Å²) in [6.45, 7) is 0. The number of halogens is 1. The van der Waals surface area contributed by atoms with Gasteiger partial charge < -0.3 is 5.32 Å². The van der Waals surface area contributed by atoms with Crippen LogP contribution >= 0.6 is 27.3 Å². The molecule has 0 spiro atoms. The molecule has 1 aromatic carbocycles. The van der Waals surface area contributed by atoms with Crippen LogP contribution in [0.3, 0.4) is 0 Å². The number of hydrogen-bond acceptors (Lipinski definition) is 3. The van der Waals surface area contributed by atoms with Crippen LogP contribution in [0.2, 0.25) is 0 Å². The van der Waals surface area contributed by atoms with Crippen molar-refractivity contribution in [2.75, 3.05) is 10.6 Å². The molecule has 0 saturated carbocycles. The number of anilines is 1. The molecule has 0 bridgehead atoms. The molecule has 2 aromatic rings. The minimum Gasteiger partial charge on any atom is -0.302 e. The van der Waals surface area contributed by atoms with E-state index in [-0.39, 0.29) is 5.91 Å². The molecule has 0 saturated heterocycles. The third kappa shape index (κ3) is 5.59. The average Bonchev–Trinajstić information content (AvgIpc) is 2.96. The van der Waals surface area contributed by atoms with Crippen LogP contribution in [0.4, 0.5) is 5.13 Å². The molecule has 112 valence electrons. The zero-order valence-electron chi connectivity index (χ0n) is 11.8. The standard InChI is InChI=1S/C16H19BrN2OS/c17-11-7-2-1-6-10-15(20)19-16-18-14(12-21-16)13-8-4-3-5-9-13/h3-5,8-9,12H,1-2,6-7,10-11H2,(H,18,19,20). The number of carbonyl (C=O) groups is 1. The Balaban J connectivity index is 1.78. The van der Waals surface area contributed by atoms with E-state index in [2.05, 4.69) is 26.2 Å². The van der Waals surface area contributed by atoms with E-state index < -0.39 is 0 Å². The number of alkyl halides is 1. The van der Waals surface area contributed by atoms with Crippen molar-refractivity contribution in [3.05, 3.63) is 35.7 Å². The van der Waals surface area contributed by atoms with Gasteiger partial charge in [0.2, 0.25) is 5.91 Å². The van der Waals surface area contributed by atoms with Crippen molar-refractivity contribution in [1.29, 1.82) is 0 Å². The van der Waals surface area contributed by atoms with Crippen LogP contribution in [0.15, 0.2) is 35.7 Å². The van der Waals surface area contributed by atoms with Gasteiger partial charge in [-0.05, 0) is 12.8 Å². The van der Waals surface area contributed by atoms with Crippen LogP contribution in [0.1, 0.15) is 32.1 Å². The molecule has 0 fully saturated rings. The average molecular weight is 367 g/mol. The molecular weight excluding hydrogens is 348 g/mol. The van der Waals surface area contributed by atoms with Crippen molar-refractivity contribution in [1.82, 2.24) is 4.98 Å². The Morgan fingerprint density at radius 3 is 2.67 bits per heavy atom. The molecule has 0 atom stereocenters. The SMILES string of the molecule is O=C(CCCCCCBr)Nc1nc(-c2ccccc2)cs1. The summed E-state index contributed by atoms with van der Waals surface area (Å²) in [5, 5.41) is 6.58. The smallest absolute Gasteiger partial charge is 0.226 e. The third-order valence-electron chi connectivity index (χ3n) is 3.11. The first kappa shape index (κ1) is 16.2. The van der Waals surface area contributed by atoms with Gasteiger partial charge in [-0.3, -0.25) is 4.79 Å². The van der Waals surface area contributed by atoms with Crippen molar-refractivity contribution < 1.29 is 4.79 Å². The second kappa shape index (κ2) is 8.95. The van der Waals surface area contributed by atoms with Crippen molar-refractivity contribution >= 4 is 38.3 Å². The number of amides is 1.